The van der Waals surface area contributed by atoms with Gasteiger partial charge in [-0.2, -0.15) is 0 Å². The lowest BCUT2D eigenvalue weighted by atomic mass is 9.92. The average molecular weight is 297 g/mol. The van der Waals surface area contributed by atoms with Crippen molar-refractivity contribution in [3.63, 3.8) is 0 Å². The van der Waals surface area contributed by atoms with Crippen LogP contribution < -0.4 is 0 Å². The van der Waals surface area contributed by atoms with Gasteiger partial charge in [0.1, 0.15) is 5.82 Å². The van der Waals surface area contributed by atoms with Crippen molar-refractivity contribution in [3.05, 3.63) is 76.6 Å². The summed E-state index contributed by atoms with van der Waals surface area (Å²) in [6, 6.07) is 13.4. The Bertz CT molecular complexity index is 856. The molecule has 0 saturated carbocycles. The zero-order valence-electron chi connectivity index (χ0n) is 11.4. The van der Waals surface area contributed by atoms with E-state index in [1.165, 1.54) is 0 Å². The van der Waals surface area contributed by atoms with E-state index < -0.39 is 5.72 Å². The van der Waals surface area contributed by atoms with E-state index in [0.29, 0.717) is 5.02 Å². The summed E-state index contributed by atoms with van der Waals surface area (Å²) < 4.78 is 1.81. The first-order valence-corrected chi connectivity index (χ1v) is 7.13. The second-order valence-corrected chi connectivity index (χ2v) is 5.71. The molecule has 104 valence electrons. The van der Waals surface area contributed by atoms with Crippen LogP contribution >= 0.6 is 11.6 Å². The van der Waals surface area contributed by atoms with Gasteiger partial charge in [-0.25, -0.2) is 4.98 Å². The van der Waals surface area contributed by atoms with Crippen LogP contribution in [-0.4, -0.2) is 14.7 Å². The van der Waals surface area contributed by atoms with Crippen LogP contribution in [0, 0.1) is 6.92 Å². The molecule has 1 N–H and O–H groups in total. The highest BCUT2D eigenvalue weighted by Gasteiger charge is 2.43. The highest BCUT2D eigenvalue weighted by molar-refractivity contribution is 6.31. The molecule has 2 aromatic carbocycles. The Morgan fingerprint density at radius 3 is 2.81 bits per heavy atom. The Hall–Kier alpha value is -2.10. The minimum atomic E-state index is -1.24. The Labute approximate surface area is 127 Å². The van der Waals surface area contributed by atoms with E-state index >= 15 is 0 Å². The summed E-state index contributed by atoms with van der Waals surface area (Å²) in [7, 11) is 0. The molecular formula is C17H13ClN2O. The largest absolute Gasteiger partial charge is 0.363 e. The molecule has 0 saturated heterocycles. The normalized spacial score (nSPS) is 19.4. The first kappa shape index (κ1) is 12.6. The Balaban J connectivity index is 2.05. The number of hydrogen-bond donors (Lipinski definition) is 1. The van der Waals surface area contributed by atoms with Gasteiger partial charge in [0.15, 0.2) is 5.72 Å². The molecule has 3 nitrogen and oxygen atoms in total. The summed E-state index contributed by atoms with van der Waals surface area (Å²) in [5.41, 5.74) is 2.28. The summed E-state index contributed by atoms with van der Waals surface area (Å²) >= 11 is 6.11. The van der Waals surface area contributed by atoms with E-state index in [9.17, 15) is 5.11 Å². The number of hydrogen-bond acceptors (Lipinski definition) is 2. The lowest BCUT2D eigenvalue weighted by molar-refractivity contribution is 0.0571. The van der Waals surface area contributed by atoms with E-state index in [0.717, 1.165) is 28.1 Å². The van der Waals surface area contributed by atoms with Crippen molar-refractivity contribution in [1.29, 1.82) is 0 Å². The SMILES string of the molecule is Cc1cc(C2(O)c3ccccc3-c3nccn32)ccc1Cl. The first-order valence-electron chi connectivity index (χ1n) is 6.75. The number of nitrogens with zero attached hydrogens (tertiary/aromatic N) is 2. The monoisotopic (exact) mass is 296 g/mol. The molecule has 0 bridgehead atoms. The van der Waals surface area contributed by atoms with Gasteiger partial charge in [-0.1, -0.05) is 41.9 Å². The number of benzene rings is 2. The van der Waals surface area contributed by atoms with E-state index in [2.05, 4.69) is 4.98 Å². The van der Waals surface area contributed by atoms with Crippen molar-refractivity contribution in [2.24, 2.45) is 0 Å². The van der Waals surface area contributed by atoms with Crippen LogP contribution in [0.5, 0.6) is 0 Å². The summed E-state index contributed by atoms with van der Waals surface area (Å²) in [4.78, 5) is 4.38. The number of imidazole rings is 1. The molecule has 4 rings (SSSR count). The zero-order valence-corrected chi connectivity index (χ0v) is 12.2. The van der Waals surface area contributed by atoms with Crippen LogP contribution in [0.1, 0.15) is 16.7 Å². The fraction of sp³-hybridized carbons (Fsp3) is 0.118. The van der Waals surface area contributed by atoms with Crippen LogP contribution in [0.15, 0.2) is 54.9 Å². The van der Waals surface area contributed by atoms with E-state index in [1.54, 1.807) is 17.0 Å². The van der Waals surface area contributed by atoms with E-state index in [1.807, 2.05) is 49.4 Å². The molecule has 1 atom stereocenters. The van der Waals surface area contributed by atoms with Crippen molar-refractivity contribution in [2.75, 3.05) is 0 Å². The number of aromatic nitrogens is 2. The minimum absolute atomic E-state index is 0.694. The third-order valence-corrected chi connectivity index (χ3v) is 4.52. The van der Waals surface area contributed by atoms with Crippen molar-refractivity contribution in [1.82, 2.24) is 9.55 Å². The number of fused-ring (bicyclic) bond motifs is 3. The summed E-state index contributed by atoms with van der Waals surface area (Å²) in [5.74, 6) is 0.778. The van der Waals surface area contributed by atoms with Gasteiger partial charge in [-0.15, -0.1) is 0 Å². The number of rotatable bonds is 1. The Morgan fingerprint density at radius 1 is 1.19 bits per heavy atom. The van der Waals surface area contributed by atoms with Gasteiger partial charge in [0.25, 0.3) is 0 Å². The van der Waals surface area contributed by atoms with E-state index in [4.69, 9.17) is 11.6 Å². The van der Waals surface area contributed by atoms with Crippen LogP contribution in [0.25, 0.3) is 11.4 Å². The fourth-order valence-electron chi connectivity index (χ4n) is 3.03. The second kappa shape index (κ2) is 4.20. The molecule has 21 heavy (non-hydrogen) atoms. The van der Waals surface area contributed by atoms with Gasteiger partial charge >= 0.3 is 0 Å². The molecule has 1 unspecified atom stereocenters. The maximum atomic E-state index is 11.5. The quantitative estimate of drug-likeness (QED) is 0.745. The molecule has 2 heterocycles. The number of aryl methyl sites for hydroxylation is 1. The van der Waals surface area contributed by atoms with Crippen LogP contribution in [0.4, 0.5) is 0 Å². The molecule has 0 fully saturated rings. The number of halogens is 1. The maximum Gasteiger partial charge on any atom is 0.197 e. The van der Waals surface area contributed by atoms with Gasteiger partial charge in [0.2, 0.25) is 0 Å². The van der Waals surface area contributed by atoms with Crippen molar-refractivity contribution >= 4 is 11.6 Å². The molecule has 0 spiro atoms. The molecule has 3 aromatic rings. The van der Waals surface area contributed by atoms with Crippen molar-refractivity contribution in [2.45, 2.75) is 12.6 Å². The van der Waals surface area contributed by atoms with Gasteiger partial charge in [0.05, 0.1) is 0 Å². The number of aliphatic hydroxyl groups is 1. The Morgan fingerprint density at radius 2 is 2.00 bits per heavy atom. The minimum Gasteiger partial charge on any atom is -0.363 e. The highest BCUT2D eigenvalue weighted by atomic mass is 35.5. The standard InChI is InChI=1S/C17H13ClN2O/c1-11-10-12(6-7-15(11)18)17(21)14-5-3-2-4-13(14)16-19-8-9-20(16)17/h2-10,21H,1H3. The Kier molecular flexibility index (Phi) is 2.52. The third-order valence-electron chi connectivity index (χ3n) is 4.09. The van der Waals surface area contributed by atoms with Crippen LogP contribution in [0.3, 0.4) is 0 Å². The zero-order chi connectivity index (χ0) is 14.6. The van der Waals surface area contributed by atoms with Gasteiger partial charge in [-0.05, 0) is 24.6 Å². The molecule has 0 amide bonds. The van der Waals surface area contributed by atoms with Crippen LogP contribution in [0.2, 0.25) is 5.02 Å². The summed E-state index contributed by atoms with van der Waals surface area (Å²) in [5, 5.41) is 12.1. The second-order valence-electron chi connectivity index (χ2n) is 5.30. The molecule has 0 radical (unpaired) electrons. The molecule has 1 aromatic heterocycles. The molecule has 1 aliphatic heterocycles. The smallest absolute Gasteiger partial charge is 0.197 e. The molecule has 1 aliphatic rings. The third kappa shape index (κ3) is 1.56. The summed E-state index contributed by atoms with van der Waals surface area (Å²) in [6.45, 7) is 1.94. The first-order chi connectivity index (χ1) is 10.1. The fourth-order valence-corrected chi connectivity index (χ4v) is 3.15. The highest BCUT2D eigenvalue weighted by Crippen LogP contribution is 2.45. The van der Waals surface area contributed by atoms with Crippen molar-refractivity contribution < 1.29 is 5.11 Å². The molecular weight excluding hydrogens is 284 g/mol. The maximum absolute atomic E-state index is 11.5. The molecule has 0 aliphatic carbocycles. The van der Waals surface area contributed by atoms with Gasteiger partial charge in [0, 0.05) is 34.1 Å². The molecule has 4 heteroatoms. The topological polar surface area (TPSA) is 38.1 Å². The predicted octanol–water partition coefficient (Wildman–Crippen LogP) is 3.57. The summed E-state index contributed by atoms with van der Waals surface area (Å²) in [6.07, 6.45) is 3.51. The predicted molar refractivity (Wildman–Crippen MR) is 82.2 cm³/mol. The van der Waals surface area contributed by atoms with Crippen molar-refractivity contribution in [3.8, 4) is 11.4 Å². The van der Waals surface area contributed by atoms with Crippen LogP contribution in [-0.2, 0) is 5.72 Å². The van der Waals surface area contributed by atoms with Gasteiger partial charge in [-0.3, -0.25) is 4.57 Å². The lowest BCUT2D eigenvalue weighted by Crippen LogP contribution is -2.32. The lowest BCUT2D eigenvalue weighted by Gasteiger charge is -2.27. The average Bonchev–Trinajstić information content (AvgIpc) is 3.06. The van der Waals surface area contributed by atoms with Gasteiger partial charge < -0.3 is 5.11 Å². The van der Waals surface area contributed by atoms with E-state index in [-0.39, 0.29) is 0 Å².